The van der Waals surface area contributed by atoms with Crippen LogP contribution in [0.1, 0.15) is 40.4 Å². The van der Waals surface area contributed by atoms with E-state index in [4.69, 9.17) is 4.42 Å². The SMILES string of the molecule is Cc1ccc(-c2nc(C)c(C(=O)Nc3cccc(N4CCCCC4)c3)s2)o1. The maximum Gasteiger partial charge on any atom is 0.267 e. The Bertz CT molecular complexity index is 954. The molecule has 3 aromatic rings. The van der Waals surface area contributed by atoms with Crippen molar-refractivity contribution in [3.05, 3.63) is 52.7 Å². The molecule has 1 aliphatic rings. The summed E-state index contributed by atoms with van der Waals surface area (Å²) in [5.74, 6) is 1.40. The first kappa shape index (κ1) is 17.8. The number of nitrogens with one attached hydrogen (secondary N) is 1. The van der Waals surface area contributed by atoms with Crippen molar-refractivity contribution in [2.75, 3.05) is 23.3 Å². The average Bonchev–Trinajstić information content (AvgIpc) is 3.28. The van der Waals surface area contributed by atoms with Crippen LogP contribution in [0.15, 0.2) is 40.8 Å². The number of furan rings is 1. The summed E-state index contributed by atoms with van der Waals surface area (Å²) in [6.45, 7) is 5.91. The van der Waals surface area contributed by atoms with Gasteiger partial charge in [-0.3, -0.25) is 4.79 Å². The molecule has 0 aliphatic carbocycles. The van der Waals surface area contributed by atoms with Crippen LogP contribution in [-0.4, -0.2) is 24.0 Å². The van der Waals surface area contributed by atoms with Gasteiger partial charge < -0.3 is 14.6 Å². The zero-order valence-corrected chi connectivity index (χ0v) is 16.4. The molecule has 1 saturated heterocycles. The van der Waals surface area contributed by atoms with Gasteiger partial charge in [0.1, 0.15) is 10.6 Å². The number of rotatable bonds is 4. The number of aromatic nitrogens is 1. The van der Waals surface area contributed by atoms with Crippen LogP contribution in [0, 0.1) is 13.8 Å². The number of thiazole rings is 1. The molecule has 27 heavy (non-hydrogen) atoms. The second-order valence-corrected chi connectivity index (χ2v) is 7.90. The Morgan fingerprint density at radius 1 is 1.15 bits per heavy atom. The van der Waals surface area contributed by atoms with Gasteiger partial charge in [0, 0.05) is 24.5 Å². The van der Waals surface area contributed by atoms with Crippen molar-refractivity contribution >= 4 is 28.6 Å². The van der Waals surface area contributed by atoms with Crippen molar-refractivity contribution in [3.8, 4) is 10.8 Å². The number of hydrogen-bond acceptors (Lipinski definition) is 5. The fourth-order valence-corrected chi connectivity index (χ4v) is 4.31. The van der Waals surface area contributed by atoms with Crippen LogP contribution in [0.2, 0.25) is 0 Å². The zero-order valence-electron chi connectivity index (χ0n) is 15.6. The third kappa shape index (κ3) is 3.90. The molecule has 2 aromatic heterocycles. The lowest BCUT2D eigenvalue weighted by molar-refractivity contribution is 0.103. The van der Waals surface area contributed by atoms with Gasteiger partial charge in [0.05, 0.1) is 5.69 Å². The quantitative estimate of drug-likeness (QED) is 0.669. The van der Waals surface area contributed by atoms with Crippen molar-refractivity contribution in [1.82, 2.24) is 4.98 Å². The summed E-state index contributed by atoms with van der Waals surface area (Å²) >= 11 is 1.36. The fourth-order valence-electron chi connectivity index (χ4n) is 3.38. The molecule has 1 aliphatic heterocycles. The Kier molecular flexibility index (Phi) is 4.99. The van der Waals surface area contributed by atoms with Gasteiger partial charge in [0.2, 0.25) is 0 Å². The van der Waals surface area contributed by atoms with Crippen molar-refractivity contribution in [3.63, 3.8) is 0 Å². The largest absolute Gasteiger partial charge is 0.459 e. The van der Waals surface area contributed by atoms with E-state index in [1.165, 1.54) is 36.3 Å². The van der Waals surface area contributed by atoms with E-state index in [2.05, 4.69) is 27.3 Å². The molecule has 1 amide bonds. The van der Waals surface area contributed by atoms with Gasteiger partial charge in [0.25, 0.3) is 5.91 Å². The second kappa shape index (κ2) is 7.56. The van der Waals surface area contributed by atoms with E-state index in [0.29, 0.717) is 16.3 Å². The molecule has 5 nitrogen and oxygen atoms in total. The van der Waals surface area contributed by atoms with E-state index >= 15 is 0 Å². The normalized spacial score (nSPS) is 14.4. The van der Waals surface area contributed by atoms with Crippen molar-refractivity contribution in [2.24, 2.45) is 0 Å². The van der Waals surface area contributed by atoms with Crippen molar-refractivity contribution in [2.45, 2.75) is 33.1 Å². The summed E-state index contributed by atoms with van der Waals surface area (Å²) in [5, 5.41) is 3.75. The monoisotopic (exact) mass is 381 g/mol. The number of benzene rings is 1. The third-order valence-corrected chi connectivity index (χ3v) is 5.95. The predicted molar refractivity (Wildman–Crippen MR) is 110 cm³/mol. The number of carbonyl (C=O) groups excluding carboxylic acids is 1. The maximum absolute atomic E-state index is 12.8. The molecule has 1 N–H and O–H groups in total. The van der Waals surface area contributed by atoms with Crippen molar-refractivity contribution < 1.29 is 9.21 Å². The Hall–Kier alpha value is -2.60. The lowest BCUT2D eigenvalue weighted by atomic mass is 10.1. The van der Waals surface area contributed by atoms with E-state index in [1.807, 2.05) is 38.1 Å². The Balaban J connectivity index is 1.51. The molecule has 0 radical (unpaired) electrons. The van der Waals surface area contributed by atoms with Gasteiger partial charge >= 0.3 is 0 Å². The Morgan fingerprint density at radius 3 is 2.70 bits per heavy atom. The number of carbonyl (C=O) groups is 1. The molecule has 1 aromatic carbocycles. The number of hydrogen-bond donors (Lipinski definition) is 1. The Morgan fingerprint density at radius 2 is 1.96 bits per heavy atom. The molecule has 0 spiro atoms. The van der Waals surface area contributed by atoms with Gasteiger partial charge in [-0.25, -0.2) is 4.98 Å². The van der Waals surface area contributed by atoms with Gasteiger partial charge in [-0.1, -0.05) is 6.07 Å². The van der Waals surface area contributed by atoms with Crippen LogP contribution in [0.5, 0.6) is 0 Å². The van der Waals surface area contributed by atoms with Gasteiger partial charge in [0.15, 0.2) is 10.8 Å². The minimum atomic E-state index is -0.129. The molecule has 6 heteroatoms. The van der Waals surface area contributed by atoms with E-state index in [9.17, 15) is 4.79 Å². The van der Waals surface area contributed by atoms with E-state index < -0.39 is 0 Å². The van der Waals surface area contributed by atoms with Gasteiger partial charge in [-0.15, -0.1) is 11.3 Å². The molecular formula is C21H23N3O2S. The topological polar surface area (TPSA) is 58.4 Å². The standard InChI is InChI=1S/C21H23N3O2S/c1-14-9-10-18(26-14)21-22-15(2)19(27-21)20(25)23-16-7-6-8-17(13-16)24-11-4-3-5-12-24/h6-10,13H,3-5,11-12H2,1-2H3,(H,23,25). The molecule has 3 heterocycles. The first-order valence-corrected chi connectivity index (χ1v) is 10.1. The third-order valence-electron chi connectivity index (χ3n) is 4.78. The number of anilines is 2. The van der Waals surface area contributed by atoms with Crippen LogP contribution >= 0.6 is 11.3 Å². The van der Waals surface area contributed by atoms with Crippen LogP contribution in [0.3, 0.4) is 0 Å². The molecule has 0 unspecified atom stereocenters. The first-order chi connectivity index (χ1) is 13.1. The van der Waals surface area contributed by atoms with Gasteiger partial charge in [-0.05, 0) is 63.4 Å². The summed E-state index contributed by atoms with van der Waals surface area (Å²) in [6, 6.07) is 11.9. The molecule has 4 rings (SSSR count). The highest BCUT2D eigenvalue weighted by Crippen LogP contribution is 2.30. The van der Waals surface area contributed by atoms with E-state index in [-0.39, 0.29) is 5.91 Å². The average molecular weight is 382 g/mol. The van der Waals surface area contributed by atoms with Crippen LogP contribution in [0.25, 0.3) is 10.8 Å². The minimum Gasteiger partial charge on any atom is -0.459 e. The van der Waals surface area contributed by atoms with E-state index in [0.717, 1.165) is 29.5 Å². The van der Waals surface area contributed by atoms with Crippen LogP contribution in [-0.2, 0) is 0 Å². The summed E-state index contributed by atoms with van der Waals surface area (Å²) in [6.07, 6.45) is 3.76. The zero-order chi connectivity index (χ0) is 18.8. The minimum absolute atomic E-state index is 0.129. The maximum atomic E-state index is 12.8. The summed E-state index contributed by atoms with van der Waals surface area (Å²) in [4.78, 5) is 20.3. The number of piperidine rings is 1. The van der Waals surface area contributed by atoms with Crippen LogP contribution < -0.4 is 10.2 Å². The molecule has 0 bridgehead atoms. The molecule has 0 atom stereocenters. The summed E-state index contributed by atoms with van der Waals surface area (Å²) < 4.78 is 5.63. The number of aryl methyl sites for hydroxylation is 2. The summed E-state index contributed by atoms with van der Waals surface area (Å²) in [7, 11) is 0. The predicted octanol–water partition coefficient (Wildman–Crippen LogP) is 5.26. The molecular weight excluding hydrogens is 358 g/mol. The van der Waals surface area contributed by atoms with Crippen LogP contribution in [0.4, 0.5) is 11.4 Å². The number of amides is 1. The highest BCUT2D eigenvalue weighted by molar-refractivity contribution is 7.17. The Labute approximate surface area is 163 Å². The molecule has 1 fully saturated rings. The number of nitrogens with zero attached hydrogens (tertiary/aromatic N) is 2. The lowest BCUT2D eigenvalue weighted by Crippen LogP contribution is -2.29. The summed E-state index contributed by atoms with van der Waals surface area (Å²) in [5.41, 5.74) is 2.69. The smallest absolute Gasteiger partial charge is 0.267 e. The van der Waals surface area contributed by atoms with Gasteiger partial charge in [-0.2, -0.15) is 0 Å². The fraction of sp³-hybridized carbons (Fsp3) is 0.333. The second-order valence-electron chi connectivity index (χ2n) is 6.90. The molecule has 140 valence electrons. The highest BCUT2D eigenvalue weighted by Gasteiger charge is 2.18. The van der Waals surface area contributed by atoms with Crippen molar-refractivity contribution in [1.29, 1.82) is 0 Å². The molecule has 0 saturated carbocycles. The highest BCUT2D eigenvalue weighted by atomic mass is 32.1. The van der Waals surface area contributed by atoms with E-state index in [1.54, 1.807) is 0 Å². The lowest BCUT2D eigenvalue weighted by Gasteiger charge is -2.29. The first-order valence-electron chi connectivity index (χ1n) is 9.31.